The van der Waals surface area contributed by atoms with Gasteiger partial charge in [-0.2, -0.15) is 0 Å². The summed E-state index contributed by atoms with van der Waals surface area (Å²) in [6.45, 7) is 0. The average Bonchev–Trinajstić information content (AvgIpc) is 4.17. The summed E-state index contributed by atoms with van der Waals surface area (Å²) < 4.78 is 65.9. The molecule has 81 heavy (non-hydrogen) atoms. The zero-order chi connectivity index (χ0) is 54.8. The van der Waals surface area contributed by atoms with Crippen molar-refractivity contribution in [2.45, 2.75) is 5.41 Å². The highest BCUT2D eigenvalue weighted by atomic mass is 31.2. The van der Waals surface area contributed by atoms with E-state index >= 15 is 18.3 Å². The number of benzene rings is 12. The van der Waals surface area contributed by atoms with Gasteiger partial charge in [-0.15, -0.1) is 0 Å². The first-order valence-corrected chi connectivity index (χ1v) is 34.0. The molecule has 0 aromatic heterocycles. The molecule has 0 fully saturated rings. The van der Waals surface area contributed by atoms with Gasteiger partial charge in [-0.3, -0.25) is 0 Å². The Balaban J connectivity index is 1.10. The Kier molecular flexibility index (Phi) is 12.5. The molecule has 14 rings (SSSR count). The molecule has 0 radical (unpaired) electrons. The predicted molar refractivity (Wildman–Crippen MR) is 340 cm³/mol. The summed E-state index contributed by atoms with van der Waals surface area (Å²) in [5, 5.41) is 8.42. The Morgan fingerprint density at radius 2 is 0.321 bits per heavy atom. The quantitative estimate of drug-likeness (QED) is 0.114. The third-order valence-corrected chi connectivity index (χ3v) is 28.8. The second-order valence-electron chi connectivity index (χ2n) is 20.8. The van der Waals surface area contributed by atoms with Crippen molar-refractivity contribution in [2.24, 2.45) is 0 Å². The molecule has 0 saturated carbocycles. The van der Waals surface area contributed by atoms with Crippen LogP contribution in [0.1, 0.15) is 22.3 Å². The lowest BCUT2D eigenvalue weighted by molar-refractivity contribution is 0.591. The first-order chi connectivity index (χ1) is 39.7. The fraction of sp³-hybridized carbons (Fsp3) is 0.0137. The van der Waals surface area contributed by atoms with Crippen molar-refractivity contribution in [2.75, 3.05) is 0 Å². The van der Waals surface area contributed by atoms with Crippen molar-refractivity contribution in [3.8, 4) is 22.3 Å². The largest absolute Gasteiger partial charge is 0.309 e. The van der Waals surface area contributed by atoms with Gasteiger partial charge < -0.3 is 18.3 Å². The van der Waals surface area contributed by atoms with Crippen molar-refractivity contribution >= 4 is 92.2 Å². The Bertz CT molecular complexity index is 3790. The molecular formula is C73H52O4P4. The van der Waals surface area contributed by atoms with E-state index in [0.29, 0.717) is 21.2 Å². The third kappa shape index (κ3) is 7.74. The molecule has 0 atom stereocenters. The van der Waals surface area contributed by atoms with Crippen LogP contribution in [-0.4, -0.2) is 0 Å². The van der Waals surface area contributed by atoms with Crippen molar-refractivity contribution in [3.63, 3.8) is 0 Å². The van der Waals surface area contributed by atoms with E-state index in [2.05, 4.69) is 48.5 Å². The van der Waals surface area contributed by atoms with E-state index in [9.17, 15) is 0 Å². The standard InChI is InChI=1S/C73H52O4P4/c74-78(53-25-9-1-10-26-53,54-27-11-2-12-28-54)61-41-45-69-65(49-61)66-50-62(79(75,55-29-13-3-14-30-55)56-31-15-4-16-32-56)42-46-70(66)73(69)71-47-43-63(80(76,57-33-17-5-18-34-57)58-35-19-6-20-36-58)51-67(71)68-52-64(44-48-72(68)73)81(77,59-37-21-7-22-38-59)60-39-23-8-24-40-60/h1-52H. The Labute approximate surface area is 473 Å². The minimum Gasteiger partial charge on any atom is -0.309 e. The first kappa shape index (κ1) is 50.8. The molecule has 0 unspecified atom stereocenters. The molecule has 0 aliphatic heterocycles. The molecule has 0 N–H and O–H groups in total. The lowest BCUT2D eigenvalue weighted by Crippen LogP contribution is -2.29. The molecule has 12 aromatic carbocycles. The monoisotopic (exact) mass is 1120 g/mol. The zero-order valence-corrected chi connectivity index (χ0v) is 47.5. The molecule has 2 aliphatic rings. The molecule has 1 spiro atoms. The fourth-order valence-electron chi connectivity index (χ4n) is 12.9. The summed E-state index contributed by atoms with van der Waals surface area (Å²) in [5.74, 6) is 0. The summed E-state index contributed by atoms with van der Waals surface area (Å²) in [7, 11) is -14.1. The van der Waals surface area contributed by atoms with Crippen molar-refractivity contribution in [3.05, 3.63) is 338 Å². The predicted octanol–water partition coefficient (Wildman–Crippen LogP) is 12.6. The topological polar surface area (TPSA) is 68.3 Å². The minimum absolute atomic E-state index is 0.670. The van der Waals surface area contributed by atoms with Crippen LogP contribution in [0.3, 0.4) is 0 Å². The smallest absolute Gasteiger partial charge is 0.171 e. The molecule has 2 aliphatic carbocycles. The molecular weight excluding hydrogens is 1060 g/mol. The van der Waals surface area contributed by atoms with E-state index in [1.54, 1.807) is 0 Å². The van der Waals surface area contributed by atoms with E-state index in [0.717, 1.165) is 86.9 Å². The van der Waals surface area contributed by atoms with Crippen molar-refractivity contribution in [1.29, 1.82) is 0 Å². The maximum absolute atomic E-state index is 16.5. The van der Waals surface area contributed by atoms with E-state index in [-0.39, 0.29) is 0 Å². The molecule has 0 amide bonds. The fourth-order valence-corrected chi connectivity index (χ4v) is 23.6. The number of hydrogen-bond donors (Lipinski definition) is 0. The maximum atomic E-state index is 16.5. The maximum Gasteiger partial charge on any atom is 0.171 e. The van der Waals surface area contributed by atoms with E-state index in [1.165, 1.54) is 0 Å². The second kappa shape index (κ2) is 20.0. The summed E-state index contributed by atoms with van der Waals surface area (Å²) >= 11 is 0. The Hall–Kier alpha value is -8.44. The van der Waals surface area contributed by atoms with Gasteiger partial charge in [-0.1, -0.05) is 291 Å². The van der Waals surface area contributed by atoms with E-state index in [1.807, 2.05) is 267 Å². The van der Waals surface area contributed by atoms with Gasteiger partial charge in [0, 0.05) is 63.7 Å². The van der Waals surface area contributed by atoms with Crippen LogP contribution in [0.4, 0.5) is 0 Å². The van der Waals surface area contributed by atoms with Gasteiger partial charge in [0.05, 0.1) is 5.41 Å². The van der Waals surface area contributed by atoms with Crippen LogP contribution in [0.2, 0.25) is 0 Å². The Morgan fingerprint density at radius 1 is 0.173 bits per heavy atom. The van der Waals surface area contributed by atoms with Gasteiger partial charge in [0.1, 0.15) is 0 Å². The number of hydrogen-bond acceptors (Lipinski definition) is 4. The second-order valence-corrected chi connectivity index (χ2v) is 31.9. The highest BCUT2D eigenvalue weighted by Gasteiger charge is 2.53. The summed E-state index contributed by atoms with van der Waals surface area (Å²) in [6.07, 6.45) is 0. The lowest BCUT2D eigenvalue weighted by Gasteiger charge is -2.31. The van der Waals surface area contributed by atoms with Crippen LogP contribution >= 0.6 is 28.6 Å². The first-order valence-electron chi connectivity index (χ1n) is 27.2. The van der Waals surface area contributed by atoms with Crippen LogP contribution in [-0.2, 0) is 23.7 Å². The summed E-state index contributed by atoms with van der Waals surface area (Å²) in [5.41, 5.74) is 6.32. The molecule has 4 nitrogen and oxygen atoms in total. The van der Waals surface area contributed by atoms with Crippen LogP contribution in [0.15, 0.2) is 315 Å². The molecule has 0 bridgehead atoms. The van der Waals surface area contributed by atoms with Crippen LogP contribution in [0.5, 0.6) is 0 Å². The third-order valence-electron chi connectivity index (χ3n) is 16.6. The number of rotatable bonds is 12. The molecule has 0 heterocycles. The number of fused-ring (bicyclic) bond motifs is 10. The summed E-state index contributed by atoms with van der Waals surface area (Å²) in [6, 6.07) is 103. The molecule has 388 valence electrons. The van der Waals surface area contributed by atoms with Gasteiger partial charge in [-0.25, -0.2) is 0 Å². The van der Waals surface area contributed by atoms with Gasteiger partial charge in [0.25, 0.3) is 0 Å². The van der Waals surface area contributed by atoms with Gasteiger partial charge in [0.15, 0.2) is 28.6 Å². The molecule has 0 saturated heterocycles. The normalized spacial score (nSPS) is 13.2. The van der Waals surface area contributed by atoms with Crippen LogP contribution in [0.25, 0.3) is 22.3 Å². The lowest BCUT2D eigenvalue weighted by atomic mass is 9.70. The highest BCUT2D eigenvalue weighted by molar-refractivity contribution is 7.86. The highest BCUT2D eigenvalue weighted by Crippen LogP contribution is 2.64. The molecule has 8 heteroatoms. The van der Waals surface area contributed by atoms with E-state index in [4.69, 9.17) is 0 Å². The SMILES string of the molecule is O=P(c1ccccc1)(c1ccccc1)c1ccc2c(c1)-c1cc(P(=O)(c3ccccc3)c3ccccc3)ccc1C21c2ccc(P(=O)(c3ccccc3)c3ccccc3)cc2-c2cc(P(=O)(c3ccccc3)c3ccccc3)ccc21. The average molecular weight is 1120 g/mol. The van der Waals surface area contributed by atoms with Gasteiger partial charge in [0.2, 0.25) is 0 Å². The minimum atomic E-state index is -3.52. The van der Waals surface area contributed by atoms with Crippen LogP contribution < -0.4 is 63.7 Å². The summed E-state index contributed by atoms with van der Waals surface area (Å²) in [4.78, 5) is 0. The van der Waals surface area contributed by atoms with Crippen molar-refractivity contribution in [1.82, 2.24) is 0 Å². The van der Waals surface area contributed by atoms with Gasteiger partial charge >= 0.3 is 0 Å². The van der Waals surface area contributed by atoms with Crippen molar-refractivity contribution < 1.29 is 18.3 Å². The zero-order valence-electron chi connectivity index (χ0n) is 43.9. The molecule has 12 aromatic rings. The van der Waals surface area contributed by atoms with Crippen LogP contribution in [0, 0.1) is 0 Å². The Morgan fingerprint density at radius 3 is 0.469 bits per heavy atom. The van der Waals surface area contributed by atoms with Gasteiger partial charge in [-0.05, 0) is 68.8 Å². The van der Waals surface area contributed by atoms with E-state index < -0.39 is 34.0 Å².